The van der Waals surface area contributed by atoms with Crippen LogP contribution >= 0.6 is 11.8 Å². The summed E-state index contributed by atoms with van der Waals surface area (Å²) in [5, 5.41) is 3.68. The minimum atomic E-state index is 0.0805. The molecule has 0 bridgehead atoms. The Balaban J connectivity index is 1.94. The predicted molar refractivity (Wildman–Crippen MR) is 64.1 cm³/mol. The highest BCUT2D eigenvalue weighted by Gasteiger charge is 2.33. The number of rotatable bonds is 1. The summed E-state index contributed by atoms with van der Waals surface area (Å²) < 4.78 is 0. The second kappa shape index (κ2) is 4.34. The van der Waals surface area contributed by atoms with Crippen LogP contribution in [-0.2, 0) is 4.79 Å². The molecule has 4 heteroatoms. The minimum absolute atomic E-state index is 0.0805. The van der Waals surface area contributed by atoms with E-state index in [9.17, 15) is 4.79 Å². The van der Waals surface area contributed by atoms with E-state index in [2.05, 4.69) is 19.2 Å². The molecule has 3 nitrogen and oxygen atoms in total. The van der Waals surface area contributed by atoms with E-state index >= 15 is 0 Å². The molecule has 1 atom stereocenters. The smallest absolute Gasteiger partial charge is 0.235 e. The number of nitrogens with zero attached hydrogens (tertiary/aromatic N) is 1. The van der Waals surface area contributed by atoms with Gasteiger partial charge in [0.25, 0.3) is 0 Å². The zero-order valence-corrected chi connectivity index (χ0v) is 10.4. The van der Waals surface area contributed by atoms with Crippen LogP contribution in [0.4, 0.5) is 0 Å². The number of hydrogen-bond acceptors (Lipinski definition) is 3. The number of thioether (sulfide) groups is 1. The highest BCUT2D eigenvalue weighted by atomic mass is 32.2. The number of piperazine rings is 1. The molecule has 0 saturated carbocycles. The number of carbonyl (C=O) groups excluding carboxylic acids is 1. The lowest BCUT2D eigenvalue weighted by atomic mass is 10.0. The summed E-state index contributed by atoms with van der Waals surface area (Å²) in [4.78, 5) is 14.2. The fourth-order valence-corrected chi connectivity index (χ4v) is 3.55. The largest absolute Gasteiger partial charge is 0.339 e. The zero-order chi connectivity index (χ0) is 10.9. The maximum atomic E-state index is 12.2. The molecular formula is C11H20N2OS. The summed E-state index contributed by atoms with van der Waals surface area (Å²) in [5.41, 5.74) is 0.0805. The molecule has 0 radical (unpaired) electrons. The lowest BCUT2D eigenvalue weighted by Crippen LogP contribution is -2.59. The molecule has 0 aromatic rings. The van der Waals surface area contributed by atoms with E-state index in [1.165, 1.54) is 6.42 Å². The van der Waals surface area contributed by atoms with Gasteiger partial charge in [-0.2, -0.15) is 0 Å². The van der Waals surface area contributed by atoms with Crippen LogP contribution < -0.4 is 5.32 Å². The van der Waals surface area contributed by atoms with Gasteiger partial charge in [0.15, 0.2) is 0 Å². The average molecular weight is 228 g/mol. The van der Waals surface area contributed by atoms with E-state index < -0.39 is 0 Å². The van der Waals surface area contributed by atoms with E-state index in [0.29, 0.717) is 5.91 Å². The molecule has 2 rings (SSSR count). The molecule has 0 spiro atoms. The second-order valence-electron chi connectivity index (χ2n) is 5.07. The monoisotopic (exact) mass is 228 g/mol. The van der Waals surface area contributed by atoms with Crippen molar-refractivity contribution < 1.29 is 4.79 Å². The van der Waals surface area contributed by atoms with Crippen molar-refractivity contribution in [2.45, 2.75) is 37.5 Å². The Morgan fingerprint density at radius 2 is 2.33 bits per heavy atom. The van der Waals surface area contributed by atoms with Crippen LogP contribution in [0.3, 0.4) is 0 Å². The fraction of sp³-hybridized carbons (Fsp3) is 0.909. The highest BCUT2D eigenvalue weighted by Crippen LogP contribution is 2.28. The number of hydrogen-bond donors (Lipinski definition) is 1. The molecule has 2 saturated heterocycles. The van der Waals surface area contributed by atoms with Crippen LogP contribution in [0.1, 0.15) is 26.7 Å². The molecular weight excluding hydrogens is 208 g/mol. The van der Waals surface area contributed by atoms with Crippen LogP contribution in [0.15, 0.2) is 0 Å². The third kappa shape index (κ3) is 2.67. The van der Waals surface area contributed by atoms with Crippen LogP contribution in [0.5, 0.6) is 0 Å². The number of amides is 1. The fourth-order valence-electron chi connectivity index (χ4n) is 2.31. The van der Waals surface area contributed by atoms with Crippen molar-refractivity contribution in [2.24, 2.45) is 0 Å². The zero-order valence-electron chi connectivity index (χ0n) is 9.58. The van der Waals surface area contributed by atoms with Crippen molar-refractivity contribution >= 4 is 17.7 Å². The van der Waals surface area contributed by atoms with Gasteiger partial charge < -0.3 is 10.2 Å². The van der Waals surface area contributed by atoms with Gasteiger partial charge in [0, 0.05) is 25.2 Å². The van der Waals surface area contributed by atoms with Crippen molar-refractivity contribution in [2.75, 3.05) is 25.4 Å². The molecule has 2 aliphatic rings. The van der Waals surface area contributed by atoms with E-state index in [0.717, 1.165) is 31.8 Å². The van der Waals surface area contributed by atoms with Gasteiger partial charge in [0.05, 0.1) is 5.25 Å². The lowest BCUT2D eigenvalue weighted by Gasteiger charge is -2.40. The first-order valence-corrected chi connectivity index (χ1v) is 6.79. The Bertz CT molecular complexity index is 249. The highest BCUT2D eigenvalue weighted by molar-refractivity contribution is 8.00. The molecule has 0 aliphatic carbocycles. The van der Waals surface area contributed by atoms with Crippen LogP contribution in [0.2, 0.25) is 0 Å². The van der Waals surface area contributed by atoms with E-state index in [4.69, 9.17) is 0 Å². The summed E-state index contributed by atoms with van der Waals surface area (Å²) in [6.45, 7) is 6.97. The molecule has 86 valence electrons. The number of nitrogens with one attached hydrogen (secondary N) is 1. The van der Waals surface area contributed by atoms with Crippen molar-refractivity contribution in [1.82, 2.24) is 10.2 Å². The van der Waals surface area contributed by atoms with Gasteiger partial charge in [-0.3, -0.25) is 4.79 Å². The van der Waals surface area contributed by atoms with E-state index in [1.807, 2.05) is 16.7 Å². The Hall–Kier alpha value is -0.220. The number of carbonyl (C=O) groups is 1. The molecule has 1 N–H and O–H groups in total. The maximum Gasteiger partial charge on any atom is 0.235 e. The van der Waals surface area contributed by atoms with Crippen molar-refractivity contribution in [3.8, 4) is 0 Å². The van der Waals surface area contributed by atoms with Gasteiger partial charge in [0.1, 0.15) is 0 Å². The van der Waals surface area contributed by atoms with Gasteiger partial charge >= 0.3 is 0 Å². The summed E-state index contributed by atoms with van der Waals surface area (Å²) >= 11 is 1.83. The quantitative estimate of drug-likeness (QED) is 0.729. The summed E-state index contributed by atoms with van der Waals surface area (Å²) in [5.74, 6) is 1.53. The summed E-state index contributed by atoms with van der Waals surface area (Å²) in [6, 6.07) is 0. The van der Waals surface area contributed by atoms with Crippen molar-refractivity contribution in [3.63, 3.8) is 0 Å². The third-order valence-electron chi connectivity index (χ3n) is 3.09. The second-order valence-corrected chi connectivity index (χ2v) is 6.38. The van der Waals surface area contributed by atoms with Crippen molar-refractivity contribution in [1.29, 1.82) is 0 Å². The Kier molecular flexibility index (Phi) is 3.26. The molecule has 0 aromatic carbocycles. The molecule has 0 aromatic heterocycles. The maximum absolute atomic E-state index is 12.2. The molecule has 2 fully saturated rings. The molecule has 15 heavy (non-hydrogen) atoms. The van der Waals surface area contributed by atoms with Gasteiger partial charge in [-0.05, 0) is 32.4 Å². The van der Waals surface area contributed by atoms with Gasteiger partial charge in [-0.1, -0.05) is 0 Å². The Labute approximate surface area is 96.0 Å². The molecule has 1 amide bonds. The summed E-state index contributed by atoms with van der Waals surface area (Å²) in [6.07, 6.45) is 2.28. The minimum Gasteiger partial charge on any atom is -0.339 e. The molecule has 1 unspecified atom stereocenters. The Morgan fingerprint density at radius 1 is 1.53 bits per heavy atom. The lowest BCUT2D eigenvalue weighted by molar-refractivity contribution is -0.132. The first-order valence-electron chi connectivity index (χ1n) is 5.74. The van der Waals surface area contributed by atoms with Crippen molar-refractivity contribution in [3.05, 3.63) is 0 Å². The Morgan fingerprint density at radius 3 is 2.93 bits per heavy atom. The standard InChI is InChI=1S/C11H20N2OS/c1-11(2)8-13(6-5-12-11)10(14)9-4-3-7-15-9/h9,12H,3-8H2,1-2H3. The van der Waals surface area contributed by atoms with Gasteiger partial charge in [-0.15, -0.1) is 11.8 Å². The average Bonchev–Trinajstić information content (AvgIpc) is 2.67. The van der Waals surface area contributed by atoms with E-state index in [-0.39, 0.29) is 10.8 Å². The predicted octanol–water partition coefficient (Wildman–Crippen LogP) is 1.09. The molecule has 2 aliphatic heterocycles. The molecule has 2 heterocycles. The SMILES string of the molecule is CC1(C)CN(C(=O)C2CCCS2)CCN1. The first kappa shape index (κ1) is 11.3. The third-order valence-corrected chi connectivity index (χ3v) is 4.45. The normalized spacial score (nSPS) is 30.5. The van der Waals surface area contributed by atoms with Crippen LogP contribution in [0.25, 0.3) is 0 Å². The van der Waals surface area contributed by atoms with Crippen LogP contribution in [0, 0.1) is 0 Å². The first-order chi connectivity index (χ1) is 7.08. The van der Waals surface area contributed by atoms with Crippen LogP contribution in [-0.4, -0.2) is 47.0 Å². The summed E-state index contributed by atoms with van der Waals surface area (Å²) in [7, 11) is 0. The van der Waals surface area contributed by atoms with Gasteiger partial charge in [-0.25, -0.2) is 0 Å². The van der Waals surface area contributed by atoms with E-state index in [1.54, 1.807) is 0 Å². The topological polar surface area (TPSA) is 32.3 Å². The van der Waals surface area contributed by atoms with Gasteiger partial charge in [0.2, 0.25) is 5.91 Å².